The predicted octanol–water partition coefficient (Wildman–Crippen LogP) is 3.36. The molecule has 0 N–H and O–H groups in total. The number of aryl methyl sites for hydroxylation is 1. The fraction of sp³-hybridized carbons (Fsp3) is 0.562. The van der Waals surface area contributed by atoms with E-state index in [2.05, 4.69) is 14.8 Å². The summed E-state index contributed by atoms with van der Waals surface area (Å²) in [5.41, 5.74) is 2.86. The number of hydrogen-bond acceptors (Lipinski definition) is 7. The van der Waals surface area contributed by atoms with Crippen molar-refractivity contribution in [2.75, 3.05) is 25.7 Å². The van der Waals surface area contributed by atoms with E-state index in [1.165, 1.54) is 11.8 Å². The predicted molar refractivity (Wildman–Crippen MR) is 97.0 cm³/mol. The van der Waals surface area contributed by atoms with Gasteiger partial charge >= 0.3 is 0 Å². The molecule has 2 heterocycles. The SMILES string of the molecule is COCCCn1c(C)cc(C(=O)CSc2nnc(CSC)o2)c1C. The molecule has 2 aromatic heterocycles. The minimum absolute atomic E-state index is 0.0794. The first kappa shape index (κ1) is 19.1. The smallest absolute Gasteiger partial charge is 0.277 e. The number of hydrogen-bond donors (Lipinski definition) is 0. The molecule has 0 spiro atoms. The van der Waals surface area contributed by atoms with E-state index in [-0.39, 0.29) is 5.78 Å². The van der Waals surface area contributed by atoms with Gasteiger partial charge in [0.15, 0.2) is 5.78 Å². The summed E-state index contributed by atoms with van der Waals surface area (Å²) in [6.45, 7) is 5.58. The number of carbonyl (C=O) groups is 1. The molecule has 0 saturated heterocycles. The van der Waals surface area contributed by atoms with Gasteiger partial charge in [0.25, 0.3) is 5.22 Å². The zero-order valence-electron chi connectivity index (χ0n) is 14.5. The normalized spacial score (nSPS) is 11.2. The number of ketones is 1. The standard InChI is InChI=1S/C16H23N3O3S2/c1-11-8-13(12(2)19(11)6-5-7-21-3)14(20)9-24-16-18-17-15(22-16)10-23-4/h8H,5-7,9-10H2,1-4H3. The fourth-order valence-electron chi connectivity index (χ4n) is 2.48. The van der Waals surface area contributed by atoms with Crippen molar-refractivity contribution in [1.82, 2.24) is 14.8 Å². The van der Waals surface area contributed by atoms with E-state index in [1.807, 2.05) is 26.2 Å². The molecule has 0 aliphatic heterocycles. The summed E-state index contributed by atoms with van der Waals surface area (Å²) in [6.07, 6.45) is 2.90. The minimum Gasteiger partial charge on any atom is -0.415 e. The van der Waals surface area contributed by atoms with Crippen LogP contribution in [0.5, 0.6) is 0 Å². The fourth-order valence-corrected chi connectivity index (χ4v) is 3.51. The van der Waals surface area contributed by atoms with Crippen LogP contribution in [0.1, 0.15) is 34.1 Å². The second-order valence-corrected chi connectivity index (χ2v) is 7.18. The van der Waals surface area contributed by atoms with E-state index in [0.29, 0.717) is 29.2 Å². The molecule has 0 aliphatic carbocycles. The number of carbonyl (C=O) groups excluding carboxylic acids is 1. The van der Waals surface area contributed by atoms with Gasteiger partial charge in [-0.2, -0.15) is 11.8 Å². The lowest BCUT2D eigenvalue weighted by Crippen LogP contribution is -2.08. The molecule has 2 aromatic rings. The van der Waals surface area contributed by atoms with Crippen molar-refractivity contribution in [3.05, 3.63) is 28.9 Å². The Balaban J connectivity index is 1.97. The van der Waals surface area contributed by atoms with E-state index < -0.39 is 0 Å². The van der Waals surface area contributed by atoms with Crippen LogP contribution in [-0.4, -0.2) is 46.3 Å². The summed E-state index contributed by atoms with van der Waals surface area (Å²) in [5, 5.41) is 8.35. The lowest BCUT2D eigenvalue weighted by molar-refractivity contribution is 0.102. The molecule has 24 heavy (non-hydrogen) atoms. The molecule has 0 amide bonds. The van der Waals surface area contributed by atoms with Gasteiger partial charge in [0.05, 0.1) is 11.5 Å². The Morgan fingerprint density at radius 3 is 2.88 bits per heavy atom. The highest BCUT2D eigenvalue weighted by Crippen LogP contribution is 2.22. The quantitative estimate of drug-likeness (QED) is 0.361. The Bertz CT molecular complexity index is 682. The van der Waals surface area contributed by atoms with Crippen molar-refractivity contribution in [3.8, 4) is 0 Å². The van der Waals surface area contributed by atoms with Crippen molar-refractivity contribution in [2.24, 2.45) is 0 Å². The largest absolute Gasteiger partial charge is 0.415 e. The van der Waals surface area contributed by atoms with Crippen molar-refractivity contribution in [1.29, 1.82) is 0 Å². The van der Waals surface area contributed by atoms with Crippen LogP contribution in [0.15, 0.2) is 15.7 Å². The van der Waals surface area contributed by atoms with Gasteiger partial charge in [-0.05, 0) is 32.6 Å². The Morgan fingerprint density at radius 1 is 1.38 bits per heavy atom. The molecule has 0 unspecified atom stereocenters. The highest BCUT2D eigenvalue weighted by Gasteiger charge is 2.17. The summed E-state index contributed by atoms with van der Waals surface area (Å²) >= 11 is 2.91. The maximum absolute atomic E-state index is 12.5. The van der Waals surface area contributed by atoms with Crippen molar-refractivity contribution >= 4 is 29.3 Å². The molecular formula is C16H23N3O3S2. The number of Topliss-reactive ketones (excluding diaryl/α,β-unsaturated/α-hetero) is 1. The number of aromatic nitrogens is 3. The van der Waals surface area contributed by atoms with Gasteiger partial charge < -0.3 is 13.7 Å². The lowest BCUT2D eigenvalue weighted by Gasteiger charge is -2.09. The summed E-state index contributed by atoms with van der Waals surface area (Å²) in [6, 6.07) is 1.96. The Morgan fingerprint density at radius 2 is 2.17 bits per heavy atom. The molecular weight excluding hydrogens is 346 g/mol. The average Bonchev–Trinajstić information content (AvgIpc) is 3.12. The third kappa shape index (κ3) is 4.87. The topological polar surface area (TPSA) is 70.2 Å². The zero-order chi connectivity index (χ0) is 17.5. The summed E-state index contributed by atoms with van der Waals surface area (Å²) in [4.78, 5) is 12.5. The van der Waals surface area contributed by atoms with Gasteiger partial charge in [0.2, 0.25) is 5.89 Å². The highest BCUT2D eigenvalue weighted by molar-refractivity contribution is 7.99. The maximum atomic E-state index is 12.5. The van der Waals surface area contributed by atoms with Crippen molar-refractivity contribution < 1.29 is 13.9 Å². The van der Waals surface area contributed by atoms with Gasteiger partial charge in [-0.15, -0.1) is 10.2 Å². The number of ether oxygens (including phenoxy) is 1. The van der Waals surface area contributed by atoms with Gasteiger partial charge in [-0.25, -0.2) is 0 Å². The Hall–Kier alpha value is -1.25. The van der Waals surface area contributed by atoms with E-state index in [9.17, 15) is 4.79 Å². The molecule has 6 nitrogen and oxygen atoms in total. The van der Waals surface area contributed by atoms with E-state index in [0.717, 1.165) is 29.9 Å². The molecule has 2 rings (SSSR count). The van der Waals surface area contributed by atoms with E-state index >= 15 is 0 Å². The van der Waals surface area contributed by atoms with Crippen molar-refractivity contribution in [2.45, 2.75) is 37.8 Å². The third-order valence-corrected chi connectivity index (χ3v) is 5.00. The van der Waals surface area contributed by atoms with Gasteiger partial charge in [0, 0.05) is 37.2 Å². The van der Waals surface area contributed by atoms with Gasteiger partial charge in [0.1, 0.15) is 0 Å². The minimum atomic E-state index is 0.0794. The number of methoxy groups -OCH3 is 1. The molecule has 0 aliphatic rings. The second kappa shape index (κ2) is 9.29. The lowest BCUT2D eigenvalue weighted by atomic mass is 10.2. The molecule has 0 radical (unpaired) electrons. The molecule has 8 heteroatoms. The first-order chi connectivity index (χ1) is 11.6. The second-order valence-electron chi connectivity index (χ2n) is 5.39. The third-order valence-electron chi connectivity index (χ3n) is 3.65. The number of rotatable bonds is 10. The van der Waals surface area contributed by atoms with Crippen LogP contribution in [-0.2, 0) is 17.0 Å². The zero-order valence-corrected chi connectivity index (χ0v) is 16.1. The molecule has 0 aromatic carbocycles. The van der Waals surface area contributed by atoms with Gasteiger partial charge in [-0.3, -0.25) is 4.79 Å². The van der Waals surface area contributed by atoms with Crippen LogP contribution in [0.3, 0.4) is 0 Å². The molecule has 0 fully saturated rings. The van der Waals surface area contributed by atoms with Gasteiger partial charge in [-0.1, -0.05) is 11.8 Å². The summed E-state index contributed by atoms with van der Waals surface area (Å²) in [7, 11) is 1.70. The first-order valence-electron chi connectivity index (χ1n) is 7.69. The first-order valence-corrected chi connectivity index (χ1v) is 10.1. The monoisotopic (exact) mass is 369 g/mol. The maximum Gasteiger partial charge on any atom is 0.277 e. The average molecular weight is 370 g/mol. The van der Waals surface area contributed by atoms with Crippen LogP contribution in [0, 0.1) is 13.8 Å². The summed E-state index contributed by atoms with van der Waals surface area (Å²) < 4.78 is 12.7. The van der Waals surface area contributed by atoms with Crippen molar-refractivity contribution in [3.63, 3.8) is 0 Å². The van der Waals surface area contributed by atoms with Crippen LogP contribution in [0.2, 0.25) is 0 Å². The van der Waals surface area contributed by atoms with E-state index in [1.54, 1.807) is 18.9 Å². The van der Waals surface area contributed by atoms with Crippen LogP contribution in [0.4, 0.5) is 0 Å². The van der Waals surface area contributed by atoms with Crippen LogP contribution >= 0.6 is 23.5 Å². The number of thioether (sulfide) groups is 2. The molecule has 0 saturated carbocycles. The molecule has 0 atom stereocenters. The summed E-state index contributed by atoms with van der Waals surface area (Å²) in [5.74, 6) is 1.65. The van der Waals surface area contributed by atoms with Crippen LogP contribution in [0.25, 0.3) is 0 Å². The molecule has 132 valence electrons. The highest BCUT2D eigenvalue weighted by atomic mass is 32.2. The van der Waals surface area contributed by atoms with E-state index in [4.69, 9.17) is 9.15 Å². The Labute approximate surface area is 150 Å². The number of nitrogens with zero attached hydrogens (tertiary/aromatic N) is 3. The molecule has 0 bridgehead atoms. The van der Waals surface area contributed by atoms with Crippen LogP contribution < -0.4 is 0 Å². The Kier molecular flexibility index (Phi) is 7.39.